The van der Waals surface area contributed by atoms with Crippen molar-refractivity contribution in [1.82, 2.24) is 0 Å². The zero-order chi connectivity index (χ0) is 17.5. The molecule has 2 aromatic carbocycles. The van der Waals surface area contributed by atoms with Gasteiger partial charge in [0.05, 0.1) is 6.61 Å². The van der Waals surface area contributed by atoms with Crippen LogP contribution in [0.4, 0.5) is 17.6 Å². The van der Waals surface area contributed by atoms with Gasteiger partial charge in [-0.25, -0.2) is 4.39 Å². The maximum atomic E-state index is 14.2. The zero-order valence-electron chi connectivity index (χ0n) is 13.2. The molecule has 0 bridgehead atoms. The van der Waals surface area contributed by atoms with Crippen LogP contribution in [0.2, 0.25) is 0 Å². The highest BCUT2D eigenvalue weighted by Crippen LogP contribution is 2.31. The van der Waals surface area contributed by atoms with Crippen molar-refractivity contribution in [3.05, 3.63) is 48.0 Å². The fraction of sp³-hybridized carbons (Fsp3) is 0.333. The van der Waals surface area contributed by atoms with E-state index in [1.165, 1.54) is 36.4 Å². The molecule has 0 aromatic heterocycles. The Morgan fingerprint density at radius 1 is 0.917 bits per heavy atom. The quantitative estimate of drug-likeness (QED) is 0.446. The molecule has 0 aliphatic carbocycles. The van der Waals surface area contributed by atoms with E-state index in [0.717, 1.165) is 19.3 Å². The molecule has 0 radical (unpaired) electrons. The molecule has 0 atom stereocenters. The predicted octanol–water partition coefficient (Wildman–Crippen LogP) is 5.80. The summed E-state index contributed by atoms with van der Waals surface area (Å²) >= 11 is 0. The normalized spacial score (nSPS) is 10.9. The summed E-state index contributed by atoms with van der Waals surface area (Å²) in [6, 6.07) is 8.08. The van der Waals surface area contributed by atoms with E-state index >= 15 is 0 Å². The standard InChI is InChI=1S/C18H18F4O2/c1-2-3-4-11-23-15-10-9-14(16(19)17(15)20)12-5-7-13(8-6-12)24-18(21)22/h5-10,18H,2-4,11H2,1H3. The molecule has 0 N–H and O–H groups in total. The van der Waals surface area contributed by atoms with Crippen molar-refractivity contribution < 1.29 is 27.0 Å². The van der Waals surface area contributed by atoms with Crippen LogP contribution >= 0.6 is 0 Å². The van der Waals surface area contributed by atoms with Gasteiger partial charge in [-0.05, 0) is 36.2 Å². The van der Waals surface area contributed by atoms with E-state index in [9.17, 15) is 17.6 Å². The molecule has 0 fully saturated rings. The highest BCUT2D eigenvalue weighted by Gasteiger charge is 2.16. The van der Waals surface area contributed by atoms with Crippen LogP contribution < -0.4 is 9.47 Å². The number of hydrogen-bond acceptors (Lipinski definition) is 2. The molecular weight excluding hydrogens is 324 g/mol. The minimum Gasteiger partial charge on any atom is -0.490 e. The van der Waals surface area contributed by atoms with E-state index in [1.807, 2.05) is 6.92 Å². The van der Waals surface area contributed by atoms with Gasteiger partial charge in [-0.1, -0.05) is 31.9 Å². The summed E-state index contributed by atoms with van der Waals surface area (Å²) in [4.78, 5) is 0. The summed E-state index contributed by atoms with van der Waals surface area (Å²) in [7, 11) is 0. The third-order valence-electron chi connectivity index (χ3n) is 3.44. The van der Waals surface area contributed by atoms with E-state index in [0.29, 0.717) is 12.2 Å². The van der Waals surface area contributed by atoms with E-state index in [1.54, 1.807) is 0 Å². The zero-order valence-corrected chi connectivity index (χ0v) is 13.2. The Balaban J connectivity index is 2.15. The average molecular weight is 342 g/mol. The van der Waals surface area contributed by atoms with Crippen LogP contribution in [0.15, 0.2) is 36.4 Å². The number of benzene rings is 2. The SMILES string of the molecule is CCCCCOc1ccc(-c2ccc(OC(F)F)cc2)c(F)c1F. The molecule has 0 saturated heterocycles. The smallest absolute Gasteiger partial charge is 0.387 e. The topological polar surface area (TPSA) is 18.5 Å². The van der Waals surface area contributed by atoms with Gasteiger partial charge < -0.3 is 9.47 Å². The van der Waals surface area contributed by atoms with Gasteiger partial charge in [0.1, 0.15) is 5.75 Å². The minimum atomic E-state index is -2.94. The van der Waals surface area contributed by atoms with Gasteiger partial charge in [-0.2, -0.15) is 13.2 Å². The Morgan fingerprint density at radius 2 is 1.62 bits per heavy atom. The molecular formula is C18H18F4O2. The van der Waals surface area contributed by atoms with Gasteiger partial charge in [0.15, 0.2) is 11.6 Å². The molecule has 24 heavy (non-hydrogen) atoms. The van der Waals surface area contributed by atoms with Gasteiger partial charge in [-0.15, -0.1) is 0 Å². The van der Waals surface area contributed by atoms with Crippen LogP contribution in [0.3, 0.4) is 0 Å². The molecule has 130 valence electrons. The van der Waals surface area contributed by atoms with E-state index in [4.69, 9.17) is 4.74 Å². The van der Waals surface area contributed by atoms with Gasteiger partial charge in [0.2, 0.25) is 5.82 Å². The molecule has 0 aliphatic rings. The lowest BCUT2D eigenvalue weighted by molar-refractivity contribution is -0.0498. The number of alkyl halides is 2. The molecule has 2 aromatic rings. The first-order chi connectivity index (χ1) is 11.5. The van der Waals surface area contributed by atoms with E-state index in [-0.39, 0.29) is 17.1 Å². The van der Waals surface area contributed by atoms with Crippen LogP contribution in [0.25, 0.3) is 11.1 Å². The number of rotatable bonds is 8. The second-order valence-electron chi connectivity index (χ2n) is 5.20. The fourth-order valence-corrected chi connectivity index (χ4v) is 2.22. The van der Waals surface area contributed by atoms with Gasteiger partial charge >= 0.3 is 6.61 Å². The fourth-order valence-electron chi connectivity index (χ4n) is 2.22. The van der Waals surface area contributed by atoms with Gasteiger partial charge in [0.25, 0.3) is 0 Å². The second kappa shape index (κ2) is 8.57. The Kier molecular flexibility index (Phi) is 6.46. The van der Waals surface area contributed by atoms with E-state index < -0.39 is 18.2 Å². The maximum absolute atomic E-state index is 14.2. The Hall–Kier alpha value is -2.24. The van der Waals surface area contributed by atoms with Crippen molar-refractivity contribution >= 4 is 0 Å². The number of unbranched alkanes of at least 4 members (excludes halogenated alkanes) is 2. The molecule has 0 unspecified atom stereocenters. The largest absolute Gasteiger partial charge is 0.490 e. The number of halogens is 4. The number of hydrogen-bond donors (Lipinski definition) is 0. The van der Waals surface area contributed by atoms with Crippen molar-refractivity contribution in [2.75, 3.05) is 6.61 Å². The van der Waals surface area contributed by atoms with Crippen molar-refractivity contribution in [1.29, 1.82) is 0 Å². The summed E-state index contributed by atoms with van der Waals surface area (Å²) < 4.78 is 62.0. The molecule has 0 heterocycles. The second-order valence-corrected chi connectivity index (χ2v) is 5.20. The van der Waals surface area contributed by atoms with Crippen molar-refractivity contribution in [2.24, 2.45) is 0 Å². The Labute approximate surface area is 138 Å². The minimum absolute atomic E-state index is 0.0250. The summed E-state index contributed by atoms with van der Waals surface area (Å²) in [5, 5.41) is 0. The monoisotopic (exact) mass is 342 g/mol. The Bertz CT molecular complexity index is 657. The predicted molar refractivity (Wildman–Crippen MR) is 83.4 cm³/mol. The molecule has 0 saturated carbocycles. The Morgan fingerprint density at radius 3 is 2.25 bits per heavy atom. The van der Waals surface area contributed by atoms with Crippen LogP contribution in [0, 0.1) is 11.6 Å². The average Bonchev–Trinajstić information content (AvgIpc) is 2.56. The number of ether oxygens (including phenoxy) is 2. The van der Waals surface area contributed by atoms with Crippen molar-refractivity contribution in [3.63, 3.8) is 0 Å². The molecule has 0 amide bonds. The summed E-state index contributed by atoms with van der Waals surface area (Å²) in [5.41, 5.74) is 0.377. The lowest BCUT2D eigenvalue weighted by atomic mass is 10.0. The third kappa shape index (κ3) is 4.63. The van der Waals surface area contributed by atoms with Gasteiger partial charge in [0, 0.05) is 5.56 Å². The van der Waals surface area contributed by atoms with Crippen molar-refractivity contribution in [3.8, 4) is 22.6 Å². The first-order valence-corrected chi connectivity index (χ1v) is 7.69. The van der Waals surface area contributed by atoms with Crippen LogP contribution in [0.5, 0.6) is 11.5 Å². The lowest BCUT2D eigenvalue weighted by Gasteiger charge is -2.11. The molecule has 0 spiro atoms. The van der Waals surface area contributed by atoms with E-state index in [2.05, 4.69) is 4.74 Å². The highest BCUT2D eigenvalue weighted by atomic mass is 19.3. The molecule has 6 heteroatoms. The highest BCUT2D eigenvalue weighted by molar-refractivity contribution is 5.66. The first-order valence-electron chi connectivity index (χ1n) is 7.69. The molecule has 2 rings (SSSR count). The summed E-state index contributed by atoms with van der Waals surface area (Å²) in [5.74, 6) is -2.28. The summed E-state index contributed by atoms with van der Waals surface area (Å²) in [6.45, 7) is -0.579. The lowest BCUT2D eigenvalue weighted by Crippen LogP contribution is -2.02. The molecule has 0 aliphatic heterocycles. The molecule has 2 nitrogen and oxygen atoms in total. The summed E-state index contributed by atoms with van der Waals surface area (Å²) in [6.07, 6.45) is 2.73. The third-order valence-corrected chi connectivity index (χ3v) is 3.44. The van der Waals surface area contributed by atoms with Crippen LogP contribution in [-0.4, -0.2) is 13.2 Å². The van der Waals surface area contributed by atoms with Crippen LogP contribution in [0.1, 0.15) is 26.2 Å². The maximum Gasteiger partial charge on any atom is 0.387 e. The van der Waals surface area contributed by atoms with Crippen molar-refractivity contribution in [2.45, 2.75) is 32.8 Å². The first kappa shape index (κ1) is 18.1. The van der Waals surface area contributed by atoms with Crippen LogP contribution in [-0.2, 0) is 0 Å². The van der Waals surface area contributed by atoms with Gasteiger partial charge in [-0.3, -0.25) is 0 Å².